The predicted molar refractivity (Wildman–Crippen MR) is 167 cm³/mol. The molecule has 238 valence electrons. The van der Waals surface area contributed by atoms with Crippen LogP contribution in [0.5, 0.6) is 5.75 Å². The first-order valence-electron chi connectivity index (χ1n) is 14.4. The van der Waals surface area contributed by atoms with Gasteiger partial charge in [0.05, 0.1) is 45.1 Å². The van der Waals surface area contributed by atoms with Crippen molar-refractivity contribution in [3.8, 4) is 22.6 Å². The summed E-state index contributed by atoms with van der Waals surface area (Å²) in [6, 6.07) is 2.07. The lowest BCUT2D eigenvalue weighted by molar-refractivity contribution is -0.128. The number of carbonyl (C=O) groups excluding carboxylic acids is 2. The molecule has 1 saturated heterocycles. The second-order valence-corrected chi connectivity index (χ2v) is 11.9. The number of phenols is 1. The number of carbonyl (C=O) groups is 2. The van der Waals surface area contributed by atoms with Gasteiger partial charge in [0.15, 0.2) is 17.5 Å². The van der Waals surface area contributed by atoms with E-state index in [-0.39, 0.29) is 48.0 Å². The minimum Gasteiger partial charge on any atom is -0.507 e. The summed E-state index contributed by atoms with van der Waals surface area (Å²) >= 11 is 6.98. The highest BCUT2D eigenvalue weighted by molar-refractivity contribution is 6.39. The third-order valence-corrected chi connectivity index (χ3v) is 8.87. The molecule has 2 aliphatic rings. The Morgan fingerprint density at radius 2 is 1.83 bits per heavy atom. The van der Waals surface area contributed by atoms with E-state index in [4.69, 9.17) is 11.6 Å². The minimum atomic E-state index is -1.59. The van der Waals surface area contributed by atoms with Gasteiger partial charge in [0.25, 0.3) is 5.91 Å². The molecule has 2 aliphatic heterocycles. The first kappa shape index (κ1) is 31.1. The monoisotopic (exact) mass is 652 g/mol. The van der Waals surface area contributed by atoms with E-state index in [0.29, 0.717) is 17.3 Å². The lowest BCUT2D eigenvalue weighted by Gasteiger charge is -2.40. The fourth-order valence-corrected chi connectivity index (χ4v) is 6.66. The zero-order valence-electron chi connectivity index (χ0n) is 25.2. The maximum atomic E-state index is 17.0. The average Bonchev–Trinajstić information content (AvgIpc) is 3.11. The van der Waals surface area contributed by atoms with Crippen molar-refractivity contribution < 1.29 is 27.9 Å². The summed E-state index contributed by atoms with van der Waals surface area (Å²) in [5.41, 5.74) is -1.78. The van der Waals surface area contributed by atoms with Gasteiger partial charge in [-0.05, 0) is 42.7 Å². The van der Waals surface area contributed by atoms with Crippen molar-refractivity contribution in [2.75, 3.05) is 36.5 Å². The van der Waals surface area contributed by atoms with Crippen LogP contribution in [0, 0.1) is 24.4 Å². The largest absolute Gasteiger partial charge is 0.507 e. The summed E-state index contributed by atoms with van der Waals surface area (Å²) in [5, 5.41) is 10.1. The maximum Gasteiger partial charge on any atom is 0.354 e. The lowest BCUT2D eigenvalue weighted by Crippen LogP contribution is -2.60. The summed E-state index contributed by atoms with van der Waals surface area (Å²) in [6.45, 7) is 8.99. The molecule has 14 heteroatoms. The summed E-state index contributed by atoms with van der Waals surface area (Å²) in [5.74, 6) is -6.46. The van der Waals surface area contributed by atoms with Crippen LogP contribution in [0.2, 0.25) is 5.02 Å². The first-order chi connectivity index (χ1) is 21.8. The molecule has 10 nitrogen and oxygen atoms in total. The van der Waals surface area contributed by atoms with Crippen LogP contribution in [0.15, 0.2) is 41.8 Å². The molecular formula is C32H28ClF3N6O4. The van der Waals surface area contributed by atoms with E-state index in [1.165, 1.54) is 16.8 Å². The molecular weight excluding hydrogens is 625 g/mol. The van der Waals surface area contributed by atoms with Gasteiger partial charge in [-0.3, -0.25) is 19.1 Å². The summed E-state index contributed by atoms with van der Waals surface area (Å²) in [7, 11) is 1.28. The molecule has 6 rings (SSSR count). The number of rotatable bonds is 4. The highest BCUT2D eigenvalue weighted by Gasteiger charge is 2.43. The van der Waals surface area contributed by atoms with E-state index >= 15 is 8.78 Å². The molecule has 0 bridgehead atoms. The van der Waals surface area contributed by atoms with Gasteiger partial charge in [-0.2, -0.15) is 4.98 Å². The van der Waals surface area contributed by atoms with Crippen LogP contribution < -0.4 is 15.5 Å². The third kappa shape index (κ3) is 4.43. The summed E-state index contributed by atoms with van der Waals surface area (Å²) < 4.78 is 48.2. The SMILES string of the molecule is C=CC(=O)N1CCN2c3nc(=O)n(-c4c(C)ccnc4C(C)C)c4c(Cl)c(-c5c(O)ccc(F)c5F)c(F)c(c34)N(C)C(=O)C2C1. The molecule has 1 N–H and O–H groups in total. The zero-order valence-corrected chi connectivity index (χ0v) is 26.0. The first-order valence-corrected chi connectivity index (χ1v) is 14.7. The van der Waals surface area contributed by atoms with E-state index in [9.17, 15) is 23.9 Å². The van der Waals surface area contributed by atoms with Gasteiger partial charge in [-0.25, -0.2) is 18.0 Å². The molecule has 2 aromatic heterocycles. The van der Waals surface area contributed by atoms with Crippen LogP contribution in [0.3, 0.4) is 0 Å². The summed E-state index contributed by atoms with van der Waals surface area (Å²) in [6.07, 6.45) is 2.68. The Morgan fingerprint density at radius 1 is 1.11 bits per heavy atom. The van der Waals surface area contributed by atoms with Gasteiger partial charge in [0, 0.05) is 31.9 Å². The third-order valence-electron chi connectivity index (χ3n) is 8.51. The maximum absolute atomic E-state index is 17.0. The molecule has 4 aromatic rings. The molecule has 0 aliphatic carbocycles. The van der Waals surface area contributed by atoms with Gasteiger partial charge in [-0.15, -0.1) is 0 Å². The van der Waals surface area contributed by atoms with Crippen LogP contribution in [0.1, 0.15) is 31.0 Å². The Balaban J connectivity index is 1.83. The van der Waals surface area contributed by atoms with Crippen molar-refractivity contribution in [2.45, 2.75) is 32.7 Å². The molecule has 2 amide bonds. The number of aromatic nitrogens is 3. The number of hydrogen-bond donors (Lipinski definition) is 1. The van der Waals surface area contributed by atoms with Crippen molar-refractivity contribution in [1.82, 2.24) is 19.4 Å². The zero-order chi connectivity index (χ0) is 33.4. The second kappa shape index (κ2) is 11.2. The number of piperazine rings is 1. The quantitative estimate of drug-likeness (QED) is 0.314. The molecule has 1 fully saturated rings. The molecule has 0 radical (unpaired) electrons. The van der Waals surface area contributed by atoms with E-state index in [1.54, 1.807) is 19.2 Å². The molecule has 4 heterocycles. The van der Waals surface area contributed by atoms with Gasteiger partial charge >= 0.3 is 5.69 Å². The number of phenolic OH excluding ortho intramolecular Hbond substituents is 1. The highest BCUT2D eigenvalue weighted by atomic mass is 35.5. The number of fused-ring (bicyclic) bond motifs is 2. The Kier molecular flexibility index (Phi) is 7.54. The Hall–Kier alpha value is -4.91. The van der Waals surface area contributed by atoms with Crippen molar-refractivity contribution >= 4 is 45.8 Å². The number of halogens is 4. The van der Waals surface area contributed by atoms with Crippen molar-refractivity contribution in [2.24, 2.45) is 0 Å². The van der Waals surface area contributed by atoms with Crippen LogP contribution >= 0.6 is 11.6 Å². The number of aryl methyl sites for hydroxylation is 1. The Bertz CT molecular complexity index is 2070. The number of amides is 2. The molecule has 46 heavy (non-hydrogen) atoms. The standard InChI is InChI=1S/C32H28ClF3N6O4/c1-6-19(44)40-11-12-41-17(13-40)31(45)39(5)29-22-28(23(33)21(25(29)36)20-18(43)8-7-16(34)24(20)35)42(32(46)38-30(22)41)27-15(4)9-10-37-26(27)14(2)3/h6-10,14,17,43H,1,11-13H2,2-5H3. The number of nitrogens with zero attached hydrogens (tertiary/aromatic N) is 6. The Labute approximate surface area is 265 Å². The predicted octanol–water partition coefficient (Wildman–Crippen LogP) is 4.84. The fraction of sp³-hybridized carbons (Fsp3) is 0.281. The van der Waals surface area contributed by atoms with E-state index in [1.807, 2.05) is 13.8 Å². The van der Waals surface area contributed by atoms with Crippen LogP contribution in [0.25, 0.3) is 27.7 Å². The smallest absolute Gasteiger partial charge is 0.354 e. The molecule has 2 aromatic carbocycles. The van der Waals surface area contributed by atoms with Crippen molar-refractivity contribution in [3.05, 3.63) is 81.3 Å². The molecule has 0 spiro atoms. The summed E-state index contributed by atoms with van der Waals surface area (Å²) in [4.78, 5) is 53.5. The van der Waals surface area contributed by atoms with Gasteiger partial charge in [0.1, 0.15) is 17.6 Å². The normalized spacial score (nSPS) is 16.2. The van der Waals surface area contributed by atoms with Crippen molar-refractivity contribution in [1.29, 1.82) is 0 Å². The van der Waals surface area contributed by atoms with Crippen LogP contribution in [-0.2, 0) is 9.59 Å². The molecule has 1 unspecified atom stereocenters. The minimum absolute atomic E-state index is 0.0400. The fourth-order valence-electron chi connectivity index (χ4n) is 6.30. The van der Waals surface area contributed by atoms with Crippen LogP contribution in [0.4, 0.5) is 24.7 Å². The molecule has 1 atom stereocenters. The number of aromatic hydroxyl groups is 1. The number of likely N-dealkylation sites (N-methyl/N-ethyl adjacent to an activating group) is 1. The van der Waals surface area contributed by atoms with E-state index < -0.39 is 68.6 Å². The second-order valence-electron chi connectivity index (χ2n) is 11.5. The highest BCUT2D eigenvalue weighted by Crippen LogP contribution is 2.50. The van der Waals surface area contributed by atoms with Gasteiger partial charge in [0.2, 0.25) is 5.91 Å². The Morgan fingerprint density at radius 3 is 2.50 bits per heavy atom. The van der Waals surface area contributed by atoms with Crippen molar-refractivity contribution in [3.63, 3.8) is 0 Å². The van der Waals surface area contributed by atoms with Gasteiger partial charge in [-0.1, -0.05) is 32.0 Å². The number of anilines is 2. The lowest BCUT2D eigenvalue weighted by atomic mass is 9.98. The van der Waals surface area contributed by atoms with Gasteiger partial charge < -0.3 is 19.8 Å². The number of benzene rings is 2. The topological polar surface area (TPSA) is 112 Å². The average molecular weight is 653 g/mol. The van der Waals surface area contributed by atoms with E-state index in [2.05, 4.69) is 16.5 Å². The number of hydrogen-bond acceptors (Lipinski definition) is 7. The van der Waals surface area contributed by atoms with E-state index in [0.717, 1.165) is 21.6 Å². The molecule has 0 saturated carbocycles. The number of pyridine rings is 1. The van der Waals surface area contributed by atoms with Crippen LogP contribution in [-0.4, -0.2) is 69.1 Å².